The van der Waals surface area contributed by atoms with Gasteiger partial charge in [0.15, 0.2) is 12.4 Å². The second kappa shape index (κ2) is 14.4. The smallest absolute Gasteiger partial charge is 0.189 e. The first kappa shape index (κ1) is 23.4. The minimum atomic E-state index is -0.314. The number of quaternary nitrogens is 1. The van der Waals surface area contributed by atoms with E-state index in [0.717, 1.165) is 24.0 Å². The highest BCUT2D eigenvalue weighted by Gasteiger charge is 2.41. The summed E-state index contributed by atoms with van der Waals surface area (Å²) in [6.45, 7) is 8.23. The average molecular weight is 366 g/mol. The lowest BCUT2D eigenvalue weighted by atomic mass is 10.1. The summed E-state index contributed by atoms with van der Waals surface area (Å²) in [5.74, 6) is 0. The third-order valence-corrected chi connectivity index (χ3v) is 6.10. The number of aliphatic imine (C=N–C) groups is 1. The van der Waals surface area contributed by atoms with Crippen molar-refractivity contribution in [3.05, 3.63) is 12.2 Å². The van der Waals surface area contributed by atoms with Gasteiger partial charge >= 0.3 is 0 Å². The van der Waals surface area contributed by atoms with Gasteiger partial charge in [0.25, 0.3) is 0 Å². The number of aliphatic hydroxyl groups is 1. The molecule has 0 radical (unpaired) electrons. The molecule has 0 amide bonds. The molecule has 26 heavy (non-hydrogen) atoms. The van der Waals surface area contributed by atoms with E-state index in [1.807, 2.05) is 13.1 Å². The molecule has 0 bridgehead atoms. The van der Waals surface area contributed by atoms with Gasteiger partial charge < -0.3 is 5.11 Å². The van der Waals surface area contributed by atoms with Crippen LogP contribution in [0.25, 0.3) is 0 Å². The number of hydrogen-bond donors (Lipinski definition) is 1. The highest BCUT2D eigenvalue weighted by atomic mass is 16.3. The van der Waals surface area contributed by atoms with Crippen LogP contribution in [0.15, 0.2) is 17.1 Å². The number of rotatable bonds is 16. The van der Waals surface area contributed by atoms with Crippen LogP contribution in [0.5, 0.6) is 0 Å². The molecule has 1 N–H and O–H groups in total. The van der Waals surface area contributed by atoms with Gasteiger partial charge in [-0.2, -0.15) is 0 Å². The van der Waals surface area contributed by atoms with E-state index in [4.69, 9.17) is 0 Å². The Morgan fingerprint density at radius 2 is 1.54 bits per heavy atom. The Hall–Kier alpha value is -0.670. The number of hydrogen-bond acceptors (Lipinski definition) is 2. The average Bonchev–Trinajstić information content (AvgIpc) is 3.06. The molecule has 3 heteroatoms. The fourth-order valence-corrected chi connectivity index (χ4v) is 4.13. The number of allylic oxidation sites excluding steroid dienone is 2. The Balaban J connectivity index is 1.97. The first-order chi connectivity index (χ1) is 12.7. The standard InChI is InChI=1S/C23H45N2O/c1-4-6-7-8-9-10-11-12-13-14-15-16-17-18-19-23-24-20-21-25(23,5-2)22(3)26/h11-12,20,22-23,26H,4-10,13-19,21H2,1-3H3/q+1/b12-11+. The van der Waals surface area contributed by atoms with E-state index >= 15 is 0 Å². The molecule has 0 aliphatic carbocycles. The van der Waals surface area contributed by atoms with Crippen molar-refractivity contribution in [1.29, 1.82) is 0 Å². The lowest BCUT2D eigenvalue weighted by Gasteiger charge is -2.40. The molecule has 1 aliphatic heterocycles. The molecule has 0 spiro atoms. The van der Waals surface area contributed by atoms with Gasteiger partial charge in [-0.1, -0.05) is 64.0 Å². The van der Waals surface area contributed by atoms with Crippen molar-refractivity contribution in [2.24, 2.45) is 4.99 Å². The Bertz CT molecular complexity index is 392. The van der Waals surface area contributed by atoms with Crippen LogP contribution in [0.2, 0.25) is 0 Å². The van der Waals surface area contributed by atoms with Gasteiger partial charge in [0.2, 0.25) is 0 Å². The summed E-state index contributed by atoms with van der Waals surface area (Å²) in [6.07, 6.45) is 23.9. The molecule has 0 saturated heterocycles. The Morgan fingerprint density at radius 1 is 0.962 bits per heavy atom. The molecule has 1 aliphatic rings. The molecule has 1 heterocycles. The van der Waals surface area contributed by atoms with Crippen LogP contribution in [-0.4, -0.2) is 41.3 Å². The molecule has 0 saturated carbocycles. The molecule has 0 fully saturated rings. The summed E-state index contributed by atoms with van der Waals surface area (Å²) in [5.41, 5.74) is 0. The van der Waals surface area contributed by atoms with E-state index in [1.54, 1.807) is 0 Å². The number of nitrogens with zero attached hydrogens (tertiary/aromatic N) is 2. The van der Waals surface area contributed by atoms with Crippen LogP contribution in [0.1, 0.15) is 104 Å². The maximum atomic E-state index is 10.2. The van der Waals surface area contributed by atoms with Crippen LogP contribution >= 0.6 is 0 Å². The molecule has 0 aromatic heterocycles. The molecule has 0 aromatic carbocycles. The van der Waals surface area contributed by atoms with E-state index < -0.39 is 0 Å². The van der Waals surface area contributed by atoms with E-state index in [9.17, 15) is 5.11 Å². The quantitative estimate of drug-likeness (QED) is 0.196. The van der Waals surface area contributed by atoms with Gasteiger partial charge in [-0.15, -0.1) is 0 Å². The van der Waals surface area contributed by atoms with Crippen LogP contribution < -0.4 is 0 Å². The predicted octanol–water partition coefficient (Wildman–Crippen LogP) is 6.22. The van der Waals surface area contributed by atoms with Crippen LogP contribution in [0.3, 0.4) is 0 Å². The third-order valence-electron chi connectivity index (χ3n) is 6.10. The summed E-state index contributed by atoms with van der Waals surface area (Å²) in [5, 5.41) is 10.2. The molecule has 1 rings (SSSR count). The largest absolute Gasteiger partial charge is 0.345 e. The third kappa shape index (κ3) is 8.35. The molecule has 152 valence electrons. The first-order valence-corrected chi connectivity index (χ1v) is 11.4. The Morgan fingerprint density at radius 3 is 2.12 bits per heavy atom. The summed E-state index contributed by atoms with van der Waals surface area (Å²) in [7, 11) is 0. The lowest BCUT2D eigenvalue weighted by Crippen LogP contribution is -2.57. The minimum absolute atomic E-state index is 0.278. The fraction of sp³-hybridized carbons (Fsp3) is 0.870. The van der Waals surface area contributed by atoms with Gasteiger partial charge in [0, 0.05) is 13.3 Å². The van der Waals surface area contributed by atoms with Crippen molar-refractivity contribution in [3.8, 4) is 0 Å². The molecule has 3 atom stereocenters. The predicted molar refractivity (Wildman–Crippen MR) is 114 cm³/mol. The van der Waals surface area contributed by atoms with Gasteiger partial charge in [0.1, 0.15) is 6.54 Å². The summed E-state index contributed by atoms with van der Waals surface area (Å²) in [4.78, 5) is 4.66. The highest BCUT2D eigenvalue weighted by Crippen LogP contribution is 2.26. The fourth-order valence-electron chi connectivity index (χ4n) is 4.13. The van der Waals surface area contributed by atoms with E-state index in [2.05, 4.69) is 31.0 Å². The number of aliphatic hydroxyl groups excluding tert-OH is 1. The van der Waals surface area contributed by atoms with Gasteiger partial charge in [-0.05, 0) is 39.0 Å². The zero-order valence-electron chi connectivity index (χ0n) is 17.8. The lowest BCUT2D eigenvalue weighted by molar-refractivity contribution is -0.976. The van der Waals surface area contributed by atoms with Crippen LogP contribution in [-0.2, 0) is 0 Å². The second-order valence-electron chi connectivity index (χ2n) is 8.07. The zero-order chi connectivity index (χ0) is 19.1. The van der Waals surface area contributed by atoms with E-state index in [0.29, 0.717) is 0 Å². The van der Waals surface area contributed by atoms with Crippen molar-refractivity contribution in [2.45, 2.75) is 117 Å². The van der Waals surface area contributed by atoms with Crippen LogP contribution in [0.4, 0.5) is 0 Å². The molecular weight excluding hydrogens is 320 g/mol. The van der Waals surface area contributed by atoms with Gasteiger partial charge in [0.05, 0.1) is 12.8 Å². The topological polar surface area (TPSA) is 32.6 Å². The Kier molecular flexibility index (Phi) is 12.9. The van der Waals surface area contributed by atoms with Crippen molar-refractivity contribution < 1.29 is 9.59 Å². The maximum Gasteiger partial charge on any atom is 0.189 e. The summed E-state index contributed by atoms with van der Waals surface area (Å²) in [6, 6.07) is 0. The van der Waals surface area contributed by atoms with E-state index in [1.165, 1.54) is 77.0 Å². The van der Waals surface area contributed by atoms with Crippen molar-refractivity contribution in [2.75, 3.05) is 13.1 Å². The molecule has 0 aromatic rings. The van der Waals surface area contributed by atoms with Crippen molar-refractivity contribution in [1.82, 2.24) is 0 Å². The Labute approximate surface area is 163 Å². The number of unbranched alkanes of at least 4 members (excludes halogenated alkanes) is 10. The second-order valence-corrected chi connectivity index (χ2v) is 8.07. The summed E-state index contributed by atoms with van der Waals surface area (Å²) < 4.78 is 0.739. The van der Waals surface area contributed by atoms with Crippen LogP contribution in [0, 0.1) is 0 Å². The minimum Gasteiger partial charge on any atom is -0.345 e. The zero-order valence-corrected chi connectivity index (χ0v) is 17.8. The normalized spacial score (nSPS) is 23.9. The van der Waals surface area contributed by atoms with E-state index in [-0.39, 0.29) is 12.4 Å². The highest BCUT2D eigenvalue weighted by molar-refractivity contribution is 5.60. The maximum absolute atomic E-state index is 10.2. The monoisotopic (exact) mass is 365 g/mol. The first-order valence-electron chi connectivity index (χ1n) is 11.4. The summed E-state index contributed by atoms with van der Waals surface area (Å²) >= 11 is 0. The van der Waals surface area contributed by atoms with Gasteiger partial charge in [-0.25, -0.2) is 4.99 Å². The molecular formula is C23H45N2O+. The van der Waals surface area contributed by atoms with Crippen molar-refractivity contribution >= 4 is 6.21 Å². The van der Waals surface area contributed by atoms with Crippen molar-refractivity contribution in [3.63, 3.8) is 0 Å². The van der Waals surface area contributed by atoms with Gasteiger partial charge in [-0.3, -0.25) is 4.48 Å². The SMILES string of the molecule is CCCCCCC/C=C/CCCCCCCC1N=CC[N+]1(CC)C(C)O. The molecule has 3 unspecified atom stereocenters. The molecule has 3 nitrogen and oxygen atoms in total.